The molecule has 0 aliphatic heterocycles. The molecule has 0 spiro atoms. The summed E-state index contributed by atoms with van der Waals surface area (Å²) in [5.41, 5.74) is 5.91. The minimum Gasteiger partial charge on any atom is -0.327 e. The first kappa shape index (κ1) is 15.0. The van der Waals surface area contributed by atoms with E-state index in [1.807, 2.05) is 0 Å². The Hall–Kier alpha value is -0.0400. The van der Waals surface area contributed by atoms with Crippen molar-refractivity contribution in [1.82, 2.24) is 0 Å². The fourth-order valence-electron chi connectivity index (χ4n) is 0.515. The normalized spacial score (nSPS) is 17.5. The summed E-state index contributed by atoms with van der Waals surface area (Å²) >= 11 is 0. The van der Waals surface area contributed by atoms with Crippen LogP contribution in [0.2, 0.25) is 0 Å². The van der Waals surface area contributed by atoms with Gasteiger partial charge in [0, 0.05) is 6.54 Å². The molecule has 0 aliphatic carbocycles. The Morgan fingerprint density at radius 2 is 1.93 bits per heavy atom. The maximum Gasteiger partial charge on any atom is 0.481 e. The Bertz CT molecular complexity index is 321. The lowest BCUT2D eigenvalue weighted by atomic mass is 10.3. The standard InChI is InChI=1S/C5H13NO7P2/c1-5(4-6)2-3-12-15(10,11)13-14(7,8)9/h2H,3-4,6H2,1H3,(H,10,11)(H2,7,8,9)/b5-2-. The van der Waals surface area contributed by atoms with Crippen molar-refractivity contribution >= 4 is 15.6 Å². The van der Waals surface area contributed by atoms with Crippen molar-refractivity contribution in [3.63, 3.8) is 0 Å². The average Bonchev–Trinajstić information content (AvgIpc) is 1.98. The summed E-state index contributed by atoms with van der Waals surface area (Å²) in [6.45, 7) is 1.59. The van der Waals surface area contributed by atoms with Gasteiger partial charge < -0.3 is 20.4 Å². The molecule has 90 valence electrons. The summed E-state index contributed by atoms with van der Waals surface area (Å²) in [6, 6.07) is 0. The Labute approximate surface area is 86.6 Å². The van der Waals surface area contributed by atoms with Crippen LogP contribution < -0.4 is 5.73 Å². The smallest absolute Gasteiger partial charge is 0.327 e. The lowest BCUT2D eigenvalue weighted by Gasteiger charge is -2.11. The van der Waals surface area contributed by atoms with Gasteiger partial charge in [0.15, 0.2) is 0 Å². The van der Waals surface area contributed by atoms with E-state index in [0.717, 1.165) is 0 Å². The van der Waals surface area contributed by atoms with Crippen molar-refractivity contribution in [3.05, 3.63) is 11.6 Å². The van der Waals surface area contributed by atoms with Crippen LogP contribution in [0.1, 0.15) is 6.92 Å². The number of hydrogen-bond acceptors (Lipinski definition) is 5. The summed E-state index contributed by atoms with van der Waals surface area (Å²) in [5.74, 6) is 0. The summed E-state index contributed by atoms with van der Waals surface area (Å²) < 4.78 is 28.9. The van der Waals surface area contributed by atoms with Gasteiger partial charge in [-0.05, 0) is 6.92 Å². The highest BCUT2D eigenvalue weighted by atomic mass is 31.3. The molecule has 0 rings (SSSR count). The SMILES string of the molecule is C/C(=C/COP(=O)(O)OP(=O)(O)O)CN. The first-order valence-corrected chi connectivity index (χ1v) is 6.79. The lowest BCUT2D eigenvalue weighted by Crippen LogP contribution is -2.01. The molecule has 1 atom stereocenters. The van der Waals surface area contributed by atoms with Crippen LogP contribution in [0.3, 0.4) is 0 Å². The van der Waals surface area contributed by atoms with E-state index in [-0.39, 0.29) is 13.2 Å². The molecule has 0 saturated carbocycles. The Balaban J connectivity index is 4.18. The third kappa shape index (κ3) is 8.92. The van der Waals surface area contributed by atoms with Crippen molar-refractivity contribution in [3.8, 4) is 0 Å². The van der Waals surface area contributed by atoms with Crippen LogP contribution in [0, 0.1) is 0 Å². The van der Waals surface area contributed by atoms with E-state index >= 15 is 0 Å². The molecule has 0 aromatic rings. The number of hydrogen-bond donors (Lipinski definition) is 4. The monoisotopic (exact) mass is 261 g/mol. The van der Waals surface area contributed by atoms with Crippen LogP contribution in [0.5, 0.6) is 0 Å². The second kappa shape index (κ2) is 5.89. The third-order valence-corrected chi connectivity index (χ3v) is 3.35. The highest BCUT2D eigenvalue weighted by Gasteiger charge is 2.31. The van der Waals surface area contributed by atoms with Gasteiger partial charge in [-0.2, -0.15) is 4.31 Å². The maximum absolute atomic E-state index is 10.9. The van der Waals surface area contributed by atoms with Gasteiger partial charge in [-0.3, -0.25) is 4.52 Å². The number of phosphoric ester groups is 1. The van der Waals surface area contributed by atoms with E-state index in [1.54, 1.807) is 6.92 Å². The predicted octanol–water partition coefficient (Wildman–Crippen LogP) is 0.118. The molecule has 0 aromatic heterocycles. The molecular weight excluding hydrogens is 248 g/mol. The maximum atomic E-state index is 10.9. The highest BCUT2D eigenvalue weighted by Crippen LogP contribution is 2.57. The Morgan fingerprint density at radius 3 is 2.33 bits per heavy atom. The van der Waals surface area contributed by atoms with Gasteiger partial charge in [-0.25, -0.2) is 9.13 Å². The fraction of sp³-hybridized carbons (Fsp3) is 0.600. The Kier molecular flexibility index (Phi) is 5.87. The van der Waals surface area contributed by atoms with Crippen LogP contribution in [-0.2, 0) is 18.0 Å². The molecule has 5 N–H and O–H groups in total. The summed E-state index contributed by atoms with van der Waals surface area (Å²) in [6.07, 6.45) is 1.39. The zero-order chi connectivity index (χ0) is 12.1. The highest BCUT2D eigenvalue weighted by molar-refractivity contribution is 7.60. The predicted molar refractivity (Wildman–Crippen MR) is 51.7 cm³/mol. The minimum atomic E-state index is -5.04. The molecule has 0 heterocycles. The molecule has 0 bridgehead atoms. The van der Waals surface area contributed by atoms with Crippen molar-refractivity contribution < 1.29 is 32.6 Å². The molecule has 1 unspecified atom stereocenters. The number of nitrogens with two attached hydrogens (primary N) is 1. The zero-order valence-corrected chi connectivity index (χ0v) is 9.73. The summed E-state index contributed by atoms with van der Waals surface area (Å²) in [5, 5.41) is 0. The van der Waals surface area contributed by atoms with E-state index in [9.17, 15) is 9.13 Å². The van der Waals surface area contributed by atoms with E-state index in [0.29, 0.717) is 5.57 Å². The van der Waals surface area contributed by atoms with E-state index in [1.165, 1.54) is 6.08 Å². The second-order valence-electron chi connectivity index (χ2n) is 2.59. The van der Waals surface area contributed by atoms with Gasteiger partial charge in [-0.15, -0.1) is 0 Å². The molecule has 10 heteroatoms. The van der Waals surface area contributed by atoms with Gasteiger partial charge in [0.1, 0.15) is 0 Å². The molecule has 0 aromatic carbocycles. The van der Waals surface area contributed by atoms with E-state index in [2.05, 4.69) is 8.83 Å². The van der Waals surface area contributed by atoms with Crippen molar-refractivity contribution in [2.24, 2.45) is 5.73 Å². The van der Waals surface area contributed by atoms with Crippen LogP contribution in [-0.4, -0.2) is 27.8 Å². The molecule has 15 heavy (non-hydrogen) atoms. The third-order valence-electron chi connectivity index (χ3n) is 1.20. The molecule has 8 nitrogen and oxygen atoms in total. The minimum absolute atomic E-state index is 0.248. The van der Waals surface area contributed by atoms with Gasteiger partial charge in [0.2, 0.25) is 0 Å². The van der Waals surface area contributed by atoms with Crippen molar-refractivity contribution in [2.75, 3.05) is 13.2 Å². The van der Waals surface area contributed by atoms with Gasteiger partial charge in [0.05, 0.1) is 6.61 Å². The van der Waals surface area contributed by atoms with E-state index in [4.69, 9.17) is 20.4 Å². The van der Waals surface area contributed by atoms with Crippen molar-refractivity contribution in [2.45, 2.75) is 6.92 Å². The number of phosphoric acid groups is 2. The topological polar surface area (TPSA) is 139 Å². The largest absolute Gasteiger partial charge is 0.481 e. The van der Waals surface area contributed by atoms with E-state index < -0.39 is 15.6 Å². The summed E-state index contributed by atoms with van der Waals surface area (Å²) in [4.78, 5) is 25.3. The summed E-state index contributed by atoms with van der Waals surface area (Å²) in [7, 11) is -9.77. The molecule has 0 aliphatic rings. The first-order chi connectivity index (χ1) is 6.66. The molecule has 0 amide bonds. The second-order valence-corrected chi connectivity index (χ2v) is 5.42. The quantitative estimate of drug-likeness (QED) is 0.390. The lowest BCUT2D eigenvalue weighted by molar-refractivity contribution is 0.191. The van der Waals surface area contributed by atoms with Crippen LogP contribution in [0.25, 0.3) is 0 Å². The average molecular weight is 261 g/mol. The molecule has 0 fully saturated rings. The van der Waals surface area contributed by atoms with Crippen LogP contribution in [0.4, 0.5) is 0 Å². The van der Waals surface area contributed by atoms with Crippen molar-refractivity contribution in [1.29, 1.82) is 0 Å². The van der Waals surface area contributed by atoms with Crippen LogP contribution >= 0.6 is 15.6 Å². The Morgan fingerprint density at radius 1 is 1.40 bits per heavy atom. The van der Waals surface area contributed by atoms with Gasteiger partial charge in [-0.1, -0.05) is 11.6 Å². The molecule has 0 radical (unpaired) electrons. The molecular formula is C5H13NO7P2. The molecule has 0 saturated heterocycles. The first-order valence-electron chi connectivity index (χ1n) is 3.76. The fourth-order valence-corrected chi connectivity index (χ4v) is 2.04. The zero-order valence-electron chi connectivity index (χ0n) is 7.94. The number of rotatable bonds is 6. The van der Waals surface area contributed by atoms with Gasteiger partial charge in [0.25, 0.3) is 0 Å². The van der Waals surface area contributed by atoms with Crippen LogP contribution in [0.15, 0.2) is 11.6 Å². The van der Waals surface area contributed by atoms with Gasteiger partial charge >= 0.3 is 15.6 Å².